The highest BCUT2D eigenvalue weighted by molar-refractivity contribution is 7.55. The lowest BCUT2D eigenvalue weighted by molar-refractivity contribution is -0.129. The molecule has 586 valence electrons. The fourth-order valence-electron chi connectivity index (χ4n) is 13.6. The van der Waals surface area contributed by atoms with Crippen molar-refractivity contribution in [2.24, 2.45) is 0 Å². The van der Waals surface area contributed by atoms with Crippen molar-refractivity contribution in [3.05, 3.63) is 245 Å². The van der Waals surface area contributed by atoms with Gasteiger partial charge in [-0.3, -0.25) is 33.3 Å². The van der Waals surface area contributed by atoms with E-state index in [0.717, 1.165) is 168 Å². The number of rotatable bonds is 19. The van der Waals surface area contributed by atoms with E-state index < -0.39 is 13.3 Å². The monoisotopic (exact) mass is 1600 g/mol. The zero-order valence-corrected chi connectivity index (χ0v) is 66.8. The summed E-state index contributed by atoms with van der Waals surface area (Å²) in [7, 11) is -0.124. The van der Waals surface area contributed by atoms with Gasteiger partial charge in [-0.25, -0.2) is 14.4 Å². The van der Waals surface area contributed by atoms with Crippen LogP contribution in [0.25, 0.3) is 43.5 Å². The van der Waals surface area contributed by atoms with Crippen LogP contribution in [-0.2, 0) is 91.3 Å². The number of cyclic esters (lactones) is 3. The molecule has 8 aliphatic heterocycles. The molecule has 5 saturated heterocycles. The third-order valence-corrected chi connectivity index (χ3v) is 25.3. The molecule has 1 atom stereocenters. The number of ether oxygens (including phenoxy) is 5. The fraction of sp³-hybridized carbons (Fsp3) is 0.299. The maximum atomic E-state index is 12.8. The predicted molar refractivity (Wildman–Crippen MR) is 434 cm³/mol. The van der Waals surface area contributed by atoms with E-state index in [9.17, 15) is 47.7 Å². The Balaban J connectivity index is 0.000000131. The first-order chi connectivity index (χ1) is 54.8. The zero-order valence-electron chi connectivity index (χ0n) is 63.5. The van der Waals surface area contributed by atoms with Crippen LogP contribution in [0.3, 0.4) is 0 Å². The number of methoxy groups -OCH3 is 2. The summed E-state index contributed by atoms with van der Waals surface area (Å²) >= 11 is 4.73. The second-order valence-corrected chi connectivity index (χ2v) is 32.9. The number of aldehydes is 1. The van der Waals surface area contributed by atoms with E-state index in [-0.39, 0.29) is 60.7 Å². The zero-order chi connectivity index (χ0) is 79.5. The van der Waals surface area contributed by atoms with Gasteiger partial charge in [-0.2, -0.15) is 0 Å². The molecule has 0 bridgehead atoms. The summed E-state index contributed by atoms with van der Waals surface area (Å²) < 4.78 is 48.7. The van der Waals surface area contributed by atoms with Crippen molar-refractivity contribution in [1.82, 2.24) is 25.3 Å². The number of nitrogens with zero attached hydrogens (tertiary/aromatic N) is 3. The topological polar surface area (TPSA) is 269 Å². The molecule has 5 amide bonds. The number of carbonyl (C=O) groups excluding carboxylic acids is 9. The van der Waals surface area contributed by atoms with Crippen LogP contribution in [0.1, 0.15) is 148 Å². The first kappa shape index (κ1) is 81.6. The average Bonchev–Trinajstić information content (AvgIpc) is 1.68. The Hall–Kier alpha value is -10.9. The van der Waals surface area contributed by atoms with E-state index in [4.69, 9.17) is 32.7 Å². The smallest absolute Gasteiger partial charge is 0.343 e. The Morgan fingerprint density at radius 3 is 1.37 bits per heavy atom. The highest BCUT2D eigenvalue weighted by Gasteiger charge is 2.47. The Labute approximate surface area is 668 Å². The minimum atomic E-state index is -3.39. The van der Waals surface area contributed by atoms with Crippen molar-refractivity contribution in [3.63, 3.8) is 0 Å². The molecule has 9 aromatic rings. The minimum absolute atomic E-state index is 0.0307. The first-order valence-electron chi connectivity index (χ1n) is 37.5. The van der Waals surface area contributed by atoms with E-state index >= 15 is 0 Å². The Kier molecular flexibility index (Phi) is 27.8. The van der Waals surface area contributed by atoms with Gasteiger partial charge in [0, 0.05) is 117 Å². The number of nitrogens with one attached hydrogen (secondary N) is 2. The molecule has 26 heteroatoms. The number of amides is 5. The predicted octanol–water partition coefficient (Wildman–Crippen LogP) is 15.9. The third kappa shape index (κ3) is 21.1. The first-order valence-corrected chi connectivity index (χ1v) is 41.5. The van der Waals surface area contributed by atoms with Crippen LogP contribution < -0.4 is 20.1 Å². The summed E-state index contributed by atoms with van der Waals surface area (Å²) in [5, 5.41) is 5.49. The molecule has 2 N–H and O–H groups in total. The van der Waals surface area contributed by atoms with Crippen molar-refractivity contribution >= 4 is 107 Å². The number of carbonyl (C=O) groups is 9. The average molecular weight is 1600 g/mol. The Morgan fingerprint density at radius 1 is 0.487 bits per heavy atom. The van der Waals surface area contributed by atoms with E-state index in [1.807, 2.05) is 137 Å². The molecule has 17 rings (SSSR count). The van der Waals surface area contributed by atoms with Crippen LogP contribution in [0.2, 0.25) is 0 Å². The molecule has 0 spiro atoms. The molecular weight excluding hydrogens is 1510 g/mol. The van der Waals surface area contributed by atoms with Crippen LogP contribution in [0.4, 0.5) is 0 Å². The largest absolute Gasteiger partial charge is 0.497 e. The minimum Gasteiger partial charge on any atom is -0.497 e. The Morgan fingerprint density at radius 2 is 0.956 bits per heavy atom. The van der Waals surface area contributed by atoms with Crippen LogP contribution in [0, 0.1) is 6.92 Å². The van der Waals surface area contributed by atoms with E-state index in [0.29, 0.717) is 73.9 Å². The molecule has 3 aromatic heterocycles. The summed E-state index contributed by atoms with van der Waals surface area (Å²) in [5.74, 6) is 1.34. The summed E-state index contributed by atoms with van der Waals surface area (Å²) in [5.41, 5.74) is 13.4. The van der Waals surface area contributed by atoms with Crippen LogP contribution >= 0.6 is 41.6 Å². The molecule has 113 heavy (non-hydrogen) atoms. The summed E-state index contributed by atoms with van der Waals surface area (Å²) in [6.45, 7) is 12.8. The van der Waals surface area contributed by atoms with Crippen molar-refractivity contribution in [1.29, 1.82) is 0 Å². The summed E-state index contributed by atoms with van der Waals surface area (Å²) in [4.78, 5) is 115. The molecule has 0 saturated carbocycles. The quantitative estimate of drug-likeness (QED) is 0.0250. The molecule has 8 aliphatic rings. The molecule has 0 aliphatic carbocycles. The molecule has 5 fully saturated rings. The lowest BCUT2D eigenvalue weighted by Gasteiger charge is -2.22. The highest BCUT2D eigenvalue weighted by atomic mass is 32.1. The number of fused-ring (bicyclic) bond motifs is 3. The van der Waals surface area contributed by atoms with Gasteiger partial charge in [0.1, 0.15) is 37.0 Å². The van der Waals surface area contributed by atoms with Gasteiger partial charge in [0.05, 0.1) is 49.0 Å². The van der Waals surface area contributed by atoms with E-state index in [1.165, 1.54) is 16.9 Å². The number of aryl methyl sites for hydroxylation is 1. The summed E-state index contributed by atoms with van der Waals surface area (Å²) in [6.07, 6.45) is 10.3. The number of esters is 3. The normalized spacial score (nSPS) is 17.1. The highest BCUT2D eigenvalue weighted by Crippen LogP contribution is 2.56. The van der Waals surface area contributed by atoms with Crippen molar-refractivity contribution < 1.29 is 80.4 Å². The second-order valence-electron chi connectivity index (χ2n) is 27.4. The van der Waals surface area contributed by atoms with Gasteiger partial charge in [-0.15, -0.1) is 34.0 Å². The number of hydrogen-bond donors (Lipinski definition) is 2. The molecule has 11 heterocycles. The molecule has 0 radical (unpaired) electrons. The lowest BCUT2D eigenvalue weighted by Crippen LogP contribution is -2.30. The number of hydrogen-bond acceptors (Lipinski definition) is 20. The molecule has 1 unspecified atom stereocenters. The molecule has 22 nitrogen and oxygen atoms in total. The lowest BCUT2D eigenvalue weighted by atomic mass is 10.1. The third-order valence-electron chi connectivity index (χ3n) is 19.6. The molecular formula is C87H88N5O17PS3. The molecule has 6 aromatic carbocycles. The van der Waals surface area contributed by atoms with E-state index in [2.05, 4.69) is 54.0 Å². The van der Waals surface area contributed by atoms with Gasteiger partial charge >= 0.3 is 25.5 Å². The number of benzene rings is 6. The fourth-order valence-corrected chi connectivity index (χ4v) is 18.4. The maximum absolute atomic E-state index is 12.8. The van der Waals surface area contributed by atoms with Gasteiger partial charge in [0.15, 0.2) is 6.29 Å². The standard InChI is InChI=1S/C25H21NO3S.C17H13NO3S.C16H24NO5P.C13H8O3S.C12H15NO2.C4H7NO/c1-16-2-4-17(5-3-16)14-26-11-10-19(24(26)27)13-21-7-9-23(30-21)18-6-8-22-20(12-18)15-29-25(22)28;19-16-11(5-6-18-16)8-13-2-4-15(22-13)10-1-3-14-12(7-10)9-21-17(14)20;1-4-21-23(19,22-5-2)15-10-11-17(16(15)18)12-13-6-8-14(20-3)9-7-13;14-6-10-2-4-12(17-10)8-1-3-11-9(5-8)7-16-13(11)15;1-15-11-6-4-10(5-7-11)9-13-8-2-3-12(13)14;6-4-2-1-3-5-4/h2-9,12-13H,10-11,14-15H2,1H3;1-4,7-8H,5-6,9H2,(H,18,19);6-9,15H,4-5,10-12H2,1-3H3;1-6H,7H2;4-7H,2-3,8-9H2,1H3;1-3H2,(H,5,6)/b19-13+;11-8+;;;;. The summed E-state index contributed by atoms with van der Waals surface area (Å²) in [6, 6.07) is 52.8. The van der Waals surface area contributed by atoms with Gasteiger partial charge < -0.3 is 58.1 Å². The van der Waals surface area contributed by atoms with Gasteiger partial charge in [-0.1, -0.05) is 72.3 Å². The second kappa shape index (κ2) is 38.5. The SMILES string of the molecule is CCOP(=O)(OCC)C1CCN(Cc2ccc(OC)cc2)C1=O.COc1ccc(CN2CCCC2=O)cc1.Cc1ccc(CN2CC/C(=C\c3ccc(-c4ccc5c(c4)COC5=O)s3)C2=O)cc1.O=C1CCCN1.O=C1NCC/C1=C\c1ccc(-c2ccc3c(c2)COC3=O)s1.O=Cc1ccc(-c2ccc3c(c2)COC3=O)s1. The van der Waals surface area contributed by atoms with Crippen LogP contribution in [0.5, 0.6) is 11.5 Å². The van der Waals surface area contributed by atoms with Crippen LogP contribution in [0.15, 0.2) is 175 Å². The van der Waals surface area contributed by atoms with Gasteiger partial charge in [0.2, 0.25) is 29.5 Å². The number of likely N-dealkylation sites (tertiary alicyclic amines) is 3. The van der Waals surface area contributed by atoms with E-state index in [1.54, 1.807) is 67.8 Å². The van der Waals surface area contributed by atoms with Crippen molar-refractivity contribution in [2.75, 3.05) is 60.2 Å². The van der Waals surface area contributed by atoms with Gasteiger partial charge in [0.25, 0.3) is 0 Å². The van der Waals surface area contributed by atoms with Crippen molar-refractivity contribution in [3.8, 4) is 42.8 Å². The Bertz CT molecular complexity index is 5080. The number of thiophene rings is 3. The van der Waals surface area contributed by atoms with Gasteiger partial charge in [-0.05, 0) is 195 Å². The van der Waals surface area contributed by atoms with Crippen LogP contribution in [-0.4, -0.2) is 134 Å². The maximum Gasteiger partial charge on any atom is 0.343 e. The van der Waals surface area contributed by atoms with Crippen molar-refractivity contribution in [2.45, 2.75) is 111 Å².